The zero-order chi connectivity index (χ0) is 24.3. The third kappa shape index (κ3) is 5.50. The average molecular weight is 470 g/mol. The van der Waals surface area contributed by atoms with Gasteiger partial charge in [-0.15, -0.1) is 0 Å². The van der Waals surface area contributed by atoms with Gasteiger partial charge in [0.1, 0.15) is 11.8 Å². The molecule has 1 aliphatic heterocycles. The predicted octanol–water partition coefficient (Wildman–Crippen LogP) is 4.94. The molecule has 3 rings (SSSR count). The maximum Gasteiger partial charge on any atom is 0.412 e. The van der Waals surface area contributed by atoms with Crippen molar-refractivity contribution in [3.8, 4) is 0 Å². The van der Waals surface area contributed by atoms with Gasteiger partial charge < -0.3 is 13.9 Å². The SMILES string of the molecule is COC1CC[C@@H](CO[Si](c2ccccc2)(c2ccccc2)C(C)(C)C)N1C(=O)OC(C)(C)C. The molecule has 1 heterocycles. The second-order valence-electron chi connectivity index (χ2n) is 10.8. The molecule has 1 saturated heterocycles. The van der Waals surface area contributed by atoms with Gasteiger partial charge in [-0.1, -0.05) is 81.4 Å². The summed E-state index contributed by atoms with van der Waals surface area (Å²) >= 11 is 0. The van der Waals surface area contributed by atoms with Crippen molar-refractivity contribution in [3.63, 3.8) is 0 Å². The first-order chi connectivity index (χ1) is 15.5. The standard InChI is InChI=1S/C27H39NO4Si/c1-26(2,3)32-25(29)28-21(18-19-24(28)30-7)20-31-33(27(4,5)6,22-14-10-8-11-15-22)23-16-12-9-13-17-23/h8-17,21,24H,18-20H2,1-7H3/t21-,24?/m0/s1. The van der Waals surface area contributed by atoms with E-state index in [4.69, 9.17) is 13.9 Å². The largest absolute Gasteiger partial charge is 0.444 e. The number of methoxy groups -OCH3 is 1. The van der Waals surface area contributed by atoms with E-state index in [1.807, 2.05) is 32.9 Å². The molecular formula is C27H39NO4Si. The second-order valence-corrected chi connectivity index (χ2v) is 15.1. The van der Waals surface area contributed by atoms with Gasteiger partial charge in [0, 0.05) is 7.11 Å². The van der Waals surface area contributed by atoms with Gasteiger partial charge in [-0.3, -0.25) is 4.90 Å². The van der Waals surface area contributed by atoms with E-state index in [1.54, 1.807) is 12.0 Å². The maximum atomic E-state index is 13.1. The molecule has 1 fully saturated rings. The third-order valence-corrected chi connectivity index (χ3v) is 11.2. The van der Waals surface area contributed by atoms with Crippen LogP contribution in [0.3, 0.4) is 0 Å². The zero-order valence-corrected chi connectivity index (χ0v) is 22.1. The van der Waals surface area contributed by atoms with Crippen molar-refractivity contribution in [2.45, 2.75) is 77.3 Å². The lowest BCUT2D eigenvalue weighted by atomic mass is 10.2. The molecule has 0 bridgehead atoms. The molecule has 180 valence electrons. The number of likely N-dealkylation sites (tertiary alicyclic amines) is 1. The lowest BCUT2D eigenvalue weighted by Crippen LogP contribution is -2.67. The van der Waals surface area contributed by atoms with E-state index in [0.29, 0.717) is 6.61 Å². The highest BCUT2D eigenvalue weighted by atomic mass is 28.4. The van der Waals surface area contributed by atoms with Crippen LogP contribution in [0.25, 0.3) is 0 Å². The zero-order valence-electron chi connectivity index (χ0n) is 21.1. The lowest BCUT2D eigenvalue weighted by Gasteiger charge is -2.44. The Hall–Kier alpha value is -2.15. The van der Waals surface area contributed by atoms with Crippen LogP contribution in [-0.2, 0) is 13.9 Å². The Kier molecular flexibility index (Phi) is 7.71. The molecule has 2 aromatic rings. The minimum absolute atomic E-state index is 0.105. The first kappa shape index (κ1) is 25.5. The van der Waals surface area contributed by atoms with Crippen molar-refractivity contribution in [1.82, 2.24) is 4.90 Å². The van der Waals surface area contributed by atoms with E-state index < -0.39 is 13.9 Å². The quantitative estimate of drug-likeness (QED) is 0.563. The van der Waals surface area contributed by atoms with Gasteiger partial charge in [0.05, 0.1) is 12.6 Å². The number of hydrogen-bond donors (Lipinski definition) is 0. The Balaban J connectivity index is 1.98. The average Bonchev–Trinajstić information content (AvgIpc) is 3.17. The Bertz CT molecular complexity index is 866. The predicted molar refractivity (Wildman–Crippen MR) is 135 cm³/mol. The summed E-state index contributed by atoms with van der Waals surface area (Å²) in [5.41, 5.74) is -0.568. The van der Waals surface area contributed by atoms with Gasteiger partial charge >= 0.3 is 6.09 Å². The number of rotatable bonds is 6. The molecule has 0 spiro atoms. The topological polar surface area (TPSA) is 48.0 Å². The normalized spacial score (nSPS) is 19.5. The highest BCUT2D eigenvalue weighted by Crippen LogP contribution is 2.38. The van der Waals surface area contributed by atoms with Crippen molar-refractivity contribution < 1.29 is 18.7 Å². The minimum Gasteiger partial charge on any atom is -0.444 e. The summed E-state index contributed by atoms with van der Waals surface area (Å²) in [6.45, 7) is 12.9. The fraction of sp³-hybridized carbons (Fsp3) is 0.519. The third-order valence-electron chi connectivity index (χ3n) is 6.24. The molecule has 2 atom stereocenters. The first-order valence-electron chi connectivity index (χ1n) is 11.8. The lowest BCUT2D eigenvalue weighted by molar-refractivity contribution is -0.0462. The second kappa shape index (κ2) is 10.00. The van der Waals surface area contributed by atoms with Crippen LogP contribution in [0.1, 0.15) is 54.4 Å². The molecule has 33 heavy (non-hydrogen) atoms. The van der Waals surface area contributed by atoms with Crippen LogP contribution in [0.4, 0.5) is 4.79 Å². The number of carbonyl (C=O) groups is 1. The molecular weight excluding hydrogens is 430 g/mol. The summed E-state index contributed by atoms with van der Waals surface area (Å²) in [5, 5.41) is 2.34. The molecule has 0 aliphatic carbocycles. The Morgan fingerprint density at radius 3 is 1.85 bits per heavy atom. The number of carbonyl (C=O) groups excluding carboxylic acids is 1. The number of ether oxygens (including phenoxy) is 2. The molecule has 0 saturated carbocycles. The van der Waals surface area contributed by atoms with Crippen molar-refractivity contribution in [2.24, 2.45) is 0 Å². The van der Waals surface area contributed by atoms with E-state index in [9.17, 15) is 4.79 Å². The molecule has 6 heteroatoms. The van der Waals surface area contributed by atoms with Crippen LogP contribution in [0.15, 0.2) is 60.7 Å². The molecule has 5 nitrogen and oxygen atoms in total. The Labute approximate surface area is 200 Å². The van der Waals surface area contributed by atoms with E-state index in [-0.39, 0.29) is 23.4 Å². The molecule has 0 aromatic heterocycles. The fourth-order valence-electron chi connectivity index (χ4n) is 4.81. The fourth-order valence-corrected chi connectivity index (χ4v) is 9.41. The van der Waals surface area contributed by atoms with Gasteiger partial charge in [0.15, 0.2) is 0 Å². The number of benzene rings is 2. The highest BCUT2D eigenvalue weighted by molar-refractivity contribution is 6.99. The molecule has 0 N–H and O–H groups in total. The molecule has 1 unspecified atom stereocenters. The van der Waals surface area contributed by atoms with Gasteiger partial charge in [-0.05, 0) is 49.0 Å². The first-order valence-corrected chi connectivity index (χ1v) is 13.7. The van der Waals surface area contributed by atoms with E-state index in [0.717, 1.165) is 12.8 Å². The number of hydrogen-bond acceptors (Lipinski definition) is 4. The van der Waals surface area contributed by atoms with Crippen LogP contribution in [0.5, 0.6) is 0 Å². The Morgan fingerprint density at radius 1 is 0.909 bits per heavy atom. The summed E-state index contributed by atoms with van der Waals surface area (Å²) in [5.74, 6) is 0. The van der Waals surface area contributed by atoms with Crippen molar-refractivity contribution >= 4 is 24.8 Å². The van der Waals surface area contributed by atoms with Crippen molar-refractivity contribution in [2.75, 3.05) is 13.7 Å². The van der Waals surface area contributed by atoms with Gasteiger partial charge in [-0.2, -0.15) is 0 Å². The summed E-state index contributed by atoms with van der Waals surface area (Å²) in [6.07, 6.45) is 0.941. The molecule has 0 radical (unpaired) electrons. The minimum atomic E-state index is -2.68. The smallest absolute Gasteiger partial charge is 0.412 e. The monoisotopic (exact) mass is 469 g/mol. The van der Waals surface area contributed by atoms with Crippen molar-refractivity contribution in [3.05, 3.63) is 60.7 Å². The van der Waals surface area contributed by atoms with E-state index in [1.165, 1.54) is 10.4 Å². The van der Waals surface area contributed by atoms with Crippen LogP contribution in [0.2, 0.25) is 5.04 Å². The number of nitrogens with zero attached hydrogens (tertiary/aromatic N) is 1. The molecule has 1 amide bonds. The van der Waals surface area contributed by atoms with E-state index >= 15 is 0 Å². The van der Waals surface area contributed by atoms with Crippen LogP contribution < -0.4 is 10.4 Å². The molecule has 1 aliphatic rings. The highest BCUT2D eigenvalue weighted by Gasteiger charge is 2.51. The number of amides is 1. The van der Waals surface area contributed by atoms with Gasteiger partial charge in [0.2, 0.25) is 0 Å². The summed E-state index contributed by atoms with van der Waals surface area (Å²) < 4.78 is 18.4. The van der Waals surface area contributed by atoms with E-state index in [2.05, 4.69) is 69.3 Å². The summed E-state index contributed by atoms with van der Waals surface area (Å²) in [7, 11) is -1.03. The van der Waals surface area contributed by atoms with Crippen LogP contribution >= 0.6 is 0 Å². The Morgan fingerprint density at radius 2 is 1.42 bits per heavy atom. The van der Waals surface area contributed by atoms with Crippen molar-refractivity contribution in [1.29, 1.82) is 0 Å². The summed E-state index contributed by atoms with van der Waals surface area (Å²) in [6, 6.07) is 21.0. The summed E-state index contributed by atoms with van der Waals surface area (Å²) in [4.78, 5) is 14.8. The van der Waals surface area contributed by atoms with Crippen LogP contribution in [-0.4, -0.2) is 50.9 Å². The van der Waals surface area contributed by atoms with Gasteiger partial charge in [-0.25, -0.2) is 4.79 Å². The molecule has 2 aromatic carbocycles. The maximum absolute atomic E-state index is 13.1. The van der Waals surface area contributed by atoms with Crippen LogP contribution in [0, 0.1) is 0 Å². The van der Waals surface area contributed by atoms with Gasteiger partial charge in [0.25, 0.3) is 8.32 Å².